The fraction of sp³-hybridized carbons (Fsp3) is 0.308. The van der Waals surface area contributed by atoms with Crippen LogP contribution >= 0.6 is 0 Å². The van der Waals surface area contributed by atoms with Crippen molar-refractivity contribution >= 4 is 23.2 Å². The van der Waals surface area contributed by atoms with E-state index in [0.717, 1.165) is 4.90 Å². The molecule has 1 aliphatic heterocycles. The Bertz CT molecular complexity index is 665. The fourth-order valence-corrected chi connectivity index (χ4v) is 2.13. The largest absolute Gasteiger partial charge is 0.374 e. The van der Waals surface area contributed by atoms with Gasteiger partial charge in [-0.25, -0.2) is 0 Å². The molecule has 1 N–H and O–H groups in total. The number of imide groups is 1. The molecule has 1 saturated heterocycles. The van der Waals surface area contributed by atoms with Gasteiger partial charge in [0, 0.05) is 25.2 Å². The minimum absolute atomic E-state index is 0.0855. The van der Waals surface area contributed by atoms with Gasteiger partial charge < -0.3 is 5.32 Å². The zero-order valence-corrected chi connectivity index (χ0v) is 11.2. The summed E-state index contributed by atoms with van der Waals surface area (Å²) >= 11 is 0. The third-order valence-electron chi connectivity index (χ3n) is 3.30. The number of carbonyl (C=O) groups excluding carboxylic acids is 2. The lowest BCUT2D eigenvalue weighted by atomic mass is 10.0. The van der Waals surface area contributed by atoms with E-state index in [-0.39, 0.29) is 29.5 Å². The van der Waals surface area contributed by atoms with Gasteiger partial charge in [0.25, 0.3) is 11.6 Å². The average Bonchev–Trinajstić information content (AvgIpc) is 2.47. The van der Waals surface area contributed by atoms with E-state index >= 15 is 0 Å². The van der Waals surface area contributed by atoms with Gasteiger partial charge >= 0.3 is 0 Å². The Hall–Kier alpha value is -2.95. The molecule has 1 atom stereocenters. The molecule has 8 heteroatoms. The minimum atomic E-state index is -0.638. The maximum atomic E-state index is 11.9. The van der Waals surface area contributed by atoms with Crippen molar-refractivity contribution in [2.45, 2.75) is 18.9 Å². The molecule has 0 spiro atoms. The van der Waals surface area contributed by atoms with Crippen LogP contribution in [0.15, 0.2) is 18.2 Å². The Balaban J connectivity index is 2.21. The number of piperidine rings is 1. The summed E-state index contributed by atoms with van der Waals surface area (Å²) in [4.78, 5) is 34.5. The Kier molecular flexibility index (Phi) is 3.84. The predicted octanol–water partition coefficient (Wildman–Crippen LogP) is 1.03. The number of benzene rings is 1. The van der Waals surface area contributed by atoms with Crippen molar-refractivity contribution in [1.29, 1.82) is 5.26 Å². The first kappa shape index (κ1) is 14.5. The van der Waals surface area contributed by atoms with Crippen molar-refractivity contribution in [1.82, 2.24) is 4.90 Å². The highest BCUT2D eigenvalue weighted by atomic mass is 16.6. The van der Waals surface area contributed by atoms with E-state index in [4.69, 9.17) is 5.26 Å². The van der Waals surface area contributed by atoms with Crippen LogP contribution in [0.2, 0.25) is 0 Å². The summed E-state index contributed by atoms with van der Waals surface area (Å²) in [6.45, 7) is 0. The normalized spacial score (nSPS) is 18.3. The van der Waals surface area contributed by atoms with Crippen LogP contribution in [0.4, 0.5) is 11.4 Å². The summed E-state index contributed by atoms with van der Waals surface area (Å²) in [7, 11) is 1.41. The zero-order valence-electron chi connectivity index (χ0n) is 11.2. The van der Waals surface area contributed by atoms with Gasteiger partial charge in [-0.05, 0) is 18.6 Å². The molecule has 1 heterocycles. The summed E-state index contributed by atoms with van der Waals surface area (Å²) in [6.07, 6.45) is 0.596. The molecule has 0 aliphatic carbocycles. The molecule has 21 heavy (non-hydrogen) atoms. The molecule has 0 radical (unpaired) electrons. The van der Waals surface area contributed by atoms with E-state index in [1.807, 2.05) is 0 Å². The smallest absolute Gasteiger partial charge is 0.287 e. The molecular weight excluding hydrogens is 276 g/mol. The van der Waals surface area contributed by atoms with Crippen molar-refractivity contribution in [2.75, 3.05) is 12.4 Å². The quantitative estimate of drug-likeness (QED) is 0.504. The zero-order chi connectivity index (χ0) is 15.6. The number of hydrogen-bond donors (Lipinski definition) is 1. The number of nitrogens with zero attached hydrogens (tertiary/aromatic N) is 3. The van der Waals surface area contributed by atoms with Crippen LogP contribution in [0.5, 0.6) is 0 Å². The van der Waals surface area contributed by atoms with Crippen LogP contribution in [0.25, 0.3) is 0 Å². The van der Waals surface area contributed by atoms with Crippen LogP contribution in [0, 0.1) is 21.4 Å². The second-order valence-corrected chi connectivity index (χ2v) is 4.63. The fourth-order valence-electron chi connectivity index (χ4n) is 2.13. The van der Waals surface area contributed by atoms with Crippen LogP contribution in [0.3, 0.4) is 0 Å². The van der Waals surface area contributed by atoms with Gasteiger partial charge in [-0.15, -0.1) is 0 Å². The first-order valence-electron chi connectivity index (χ1n) is 6.19. The summed E-state index contributed by atoms with van der Waals surface area (Å²) in [5, 5.41) is 22.6. The molecule has 108 valence electrons. The third kappa shape index (κ3) is 2.81. The van der Waals surface area contributed by atoms with Gasteiger partial charge in [0.15, 0.2) is 0 Å². The number of amides is 2. The number of rotatable bonds is 3. The monoisotopic (exact) mass is 288 g/mol. The number of nitriles is 1. The number of likely N-dealkylation sites (N-methyl/N-ethyl adjacent to an activating group) is 1. The van der Waals surface area contributed by atoms with Gasteiger partial charge in [0.2, 0.25) is 5.91 Å². The Morgan fingerprint density at radius 1 is 1.48 bits per heavy atom. The average molecular weight is 288 g/mol. The molecule has 1 fully saturated rings. The van der Waals surface area contributed by atoms with E-state index in [9.17, 15) is 19.7 Å². The summed E-state index contributed by atoms with van der Waals surface area (Å²) in [5.74, 6) is -0.595. The molecular formula is C13H12N4O4. The maximum absolute atomic E-state index is 11.9. The van der Waals surface area contributed by atoms with Crippen molar-refractivity contribution in [3.8, 4) is 6.07 Å². The van der Waals surface area contributed by atoms with Gasteiger partial charge in [-0.3, -0.25) is 24.6 Å². The molecule has 8 nitrogen and oxygen atoms in total. The van der Waals surface area contributed by atoms with Crippen LogP contribution < -0.4 is 5.32 Å². The van der Waals surface area contributed by atoms with E-state index in [0.29, 0.717) is 12.1 Å². The molecule has 2 amide bonds. The SMILES string of the molecule is CN1C(=O)CCC(Nc2ccc([N+](=O)[O-])c(C#N)c2)C1=O. The van der Waals surface area contributed by atoms with Crippen LogP contribution in [0.1, 0.15) is 18.4 Å². The lowest BCUT2D eigenvalue weighted by Gasteiger charge is -2.28. The topological polar surface area (TPSA) is 116 Å². The second-order valence-electron chi connectivity index (χ2n) is 4.63. The van der Waals surface area contributed by atoms with E-state index in [1.165, 1.54) is 25.2 Å². The summed E-state index contributed by atoms with van der Waals surface area (Å²) in [6, 6.07) is 5.13. The third-order valence-corrected chi connectivity index (χ3v) is 3.30. The number of likely N-dealkylation sites (tertiary alicyclic amines) is 1. The van der Waals surface area contributed by atoms with Crippen molar-refractivity contribution in [3.63, 3.8) is 0 Å². The highest BCUT2D eigenvalue weighted by Gasteiger charge is 2.31. The Morgan fingerprint density at radius 3 is 2.81 bits per heavy atom. The summed E-state index contributed by atoms with van der Waals surface area (Å²) in [5.41, 5.74) is 0.0567. The van der Waals surface area contributed by atoms with Crippen molar-refractivity contribution in [3.05, 3.63) is 33.9 Å². The number of carbonyl (C=O) groups is 2. The molecule has 0 saturated carbocycles. The Morgan fingerprint density at radius 2 is 2.19 bits per heavy atom. The highest BCUT2D eigenvalue weighted by Crippen LogP contribution is 2.24. The predicted molar refractivity (Wildman–Crippen MR) is 72.2 cm³/mol. The number of nitro groups is 1. The first-order valence-corrected chi connectivity index (χ1v) is 6.19. The van der Waals surface area contributed by atoms with Crippen molar-refractivity contribution in [2.24, 2.45) is 0 Å². The van der Waals surface area contributed by atoms with Gasteiger partial charge in [0.05, 0.1) is 4.92 Å². The highest BCUT2D eigenvalue weighted by molar-refractivity contribution is 6.01. The van der Waals surface area contributed by atoms with Crippen molar-refractivity contribution < 1.29 is 14.5 Å². The number of nitro benzene ring substituents is 1. The minimum Gasteiger partial charge on any atom is -0.374 e. The lowest BCUT2D eigenvalue weighted by molar-refractivity contribution is -0.385. The standard InChI is InChI=1S/C13H12N4O4/c1-16-12(18)5-3-10(13(16)19)15-9-2-4-11(17(20)21)8(6-9)7-14/h2,4,6,10,15H,3,5H2,1H3. The van der Waals surface area contributed by atoms with Gasteiger partial charge in [-0.2, -0.15) is 5.26 Å². The van der Waals surface area contributed by atoms with E-state index in [2.05, 4.69) is 5.32 Å². The van der Waals surface area contributed by atoms with E-state index < -0.39 is 11.0 Å². The molecule has 0 aromatic heterocycles. The summed E-state index contributed by atoms with van der Waals surface area (Å²) < 4.78 is 0. The first-order chi connectivity index (χ1) is 9.93. The van der Waals surface area contributed by atoms with Crippen LogP contribution in [-0.4, -0.2) is 34.7 Å². The van der Waals surface area contributed by atoms with Crippen LogP contribution in [-0.2, 0) is 9.59 Å². The molecule has 0 bridgehead atoms. The van der Waals surface area contributed by atoms with Gasteiger partial charge in [-0.1, -0.05) is 0 Å². The Labute approximate surface area is 120 Å². The lowest BCUT2D eigenvalue weighted by Crippen LogP contribution is -2.48. The number of hydrogen-bond acceptors (Lipinski definition) is 6. The van der Waals surface area contributed by atoms with Gasteiger partial charge in [0.1, 0.15) is 17.7 Å². The second kappa shape index (κ2) is 5.58. The maximum Gasteiger partial charge on any atom is 0.287 e. The van der Waals surface area contributed by atoms with E-state index in [1.54, 1.807) is 6.07 Å². The molecule has 1 aromatic carbocycles. The number of nitrogens with one attached hydrogen (secondary N) is 1. The molecule has 1 aromatic rings. The molecule has 1 unspecified atom stereocenters. The molecule has 1 aliphatic rings. The molecule has 2 rings (SSSR count). The number of anilines is 1.